The standard InChI is InChI=1S/C22H29N5O2/c1-4-5-10-23-24-14-18-7-6-8-21(25-18)26-22(28)19-12-17-15-27(2)11-9-16(17)13-20(19)29-3/h6-8,10,12-14,21,25H,4-5,9,11,15H2,1-3H3,(H,26,28)/b23-10+,24-14+. The highest BCUT2D eigenvalue weighted by Gasteiger charge is 2.21. The number of rotatable bonds is 7. The fraction of sp³-hybridized carbons (Fsp3) is 0.409. The highest BCUT2D eigenvalue weighted by atomic mass is 16.5. The van der Waals surface area contributed by atoms with Crippen LogP contribution >= 0.6 is 0 Å². The number of allylic oxidation sites excluding steroid dienone is 3. The van der Waals surface area contributed by atoms with Gasteiger partial charge in [0.25, 0.3) is 5.91 Å². The number of amides is 1. The Hall–Kier alpha value is -2.93. The first-order valence-electron chi connectivity index (χ1n) is 9.99. The number of carbonyl (C=O) groups is 1. The second-order valence-corrected chi connectivity index (χ2v) is 7.24. The minimum absolute atomic E-state index is 0.181. The third-order valence-corrected chi connectivity index (χ3v) is 4.92. The Kier molecular flexibility index (Phi) is 7.19. The van der Waals surface area contributed by atoms with E-state index in [2.05, 4.69) is 39.7 Å². The Bertz CT molecular complexity index is 857. The van der Waals surface area contributed by atoms with Gasteiger partial charge in [-0.3, -0.25) is 4.79 Å². The zero-order valence-electron chi connectivity index (χ0n) is 17.3. The molecule has 0 aliphatic carbocycles. The van der Waals surface area contributed by atoms with Crippen LogP contribution in [0.5, 0.6) is 5.75 Å². The highest BCUT2D eigenvalue weighted by Crippen LogP contribution is 2.27. The molecule has 2 aliphatic heterocycles. The maximum Gasteiger partial charge on any atom is 0.256 e. The van der Waals surface area contributed by atoms with E-state index in [1.54, 1.807) is 19.5 Å². The number of hydrogen-bond acceptors (Lipinski definition) is 6. The molecule has 0 bridgehead atoms. The molecule has 2 N–H and O–H groups in total. The lowest BCUT2D eigenvalue weighted by Gasteiger charge is -2.26. The topological polar surface area (TPSA) is 78.3 Å². The van der Waals surface area contributed by atoms with Gasteiger partial charge in [0.1, 0.15) is 11.9 Å². The summed E-state index contributed by atoms with van der Waals surface area (Å²) in [5.41, 5.74) is 3.75. The van der Waals surface area contributed by atoms with Crippen molar-refractivity contribution in [3.8, 4) is 5.75 Å². The van der Waals surface area contributed by atoms with Crippen molar-refractivity contribution < 1.29 is 9.53 Å². The average molecular weight is 396 g/mol. The second kappa shape index (κ2) is 10.0. The van der Waals surface area contributed by atoms with E-state index < -0.39 is 0 Å². The van der Waals surface area contributed by atoms with Gasteiger partial charge in [-0.2, -0.15) is 10.2 Å². The molecule has 0 radical (unpaired) electrons. The molecule has 1 atom stereocenters. The van der Waals surface area contributed by atoms with E-state index in [1.807, 2.05) is 30.4 Å². The molecule has 3 rings (SSSR count). The first-order valence-corrected chi connectivity index (χ1v) is 9.99. The second-order valence-electron chi connectivity index (χ2n) is 7.24. The van der Waals surface area contributed by atoms with Crippen LogP contribution in [0.3, 0.4) is 0 Å². The van der Waals surface area contributed by atoms with Crippen molar-refractivity contribution in [3.63, 3.8) is 0 Å². The summed E-state index contributed by atoms with van der Waals surface area (Å²) in [5, 5.41) is 14.2. The van der Waals surface area contributed by atoms with Crippen LogP contribution < -0.4 is 15.4 Å². The number of ether oxygens (including phenoxy) is 1. The Morgan fingerprint density at radius 2 is 2.24 bits per heavy atom. The highest BCUT2D eigenvalue weighted by molar-refractivity contribution is 5.97. The van der Waals surface area contributed by atoms with E-state index in [1.165, 1.54) is 11.1 Å². The van der Waals surface area contributed by atoms with Crippen molar-refractivity contribution in [1.82, 2.24) is 15.5 Å². The van der Waals surface area contributed by atoms with Crippen LogP contribution in [0.4, 0.5) is 0 Å². The van der Waals surface area contributed by atoms with Crippen LogP contribution in [0.1, 0.15) is 41.3 Å². The third-order valence-electron chi connectivity index (χ3n) is 4.92. The van der Waals surface area contributed by atoms with Crippen LogP contribution in [-0.4, -0.2) is 50.1 Å². The van der Waals surface area contributed by atoms with Gasteiger partial charge in [-0.1, -0.05) is 19.4 Å². The SMILES string of the molecule is CCC/C=N/N=C/C1=CC=CC(NC(=O)c2cc3c(cc2OC)CCN(C)C3)N1. The number of likely N-dealkylation sites (N-methyl/N-ethyl adjacent to an activating group) is 1. The summed E-state index contributed by atoms with van der Waals surface area (Å²) in [5.74, 6) is 0.423. The van der Waals surface area contributed by atoms with Crippen molar-refractivity contribution in [2.24, 2.45) is 10.2 Å². The predicted octanol–water partition coefficient (Wildman–Crippen LogP) is 2.64. The summed E-state index contributed by atoms with van der Waals surface area (Å²) in [7, 11) is 3.69. The molecule has 0 spiro atoms. The summed E-state index contributed by atoms with van der Waals surface area (Å²) in [6, 6.07) is 3.94. The number of nitrogens with zero attached hydrogens (tertiary/aromatic N) is 3. The summed E-state index contributed by atoms with van der Waals surface area (Å²) in [6.45, 7) is 3.94. The van der Waals surface area contributed by atoms with Crippen LogP contribution in [-0.2, 0) is 13.0 Å². The lowest BCUT2D eigenvalue weighted by molar-refractivity contribution is 0.0937. The predicted molar refractivity (Wildman–Crippen MR) is 117 cm³/mol. The Morgan fingerprint density at radius 3 is 3.03 bits per heavy atom. The van der Waals surface area contributed by atoms with Crippen LogP contribution in [0.2, 0.25) is 0 Å². The fourth-order valence-electron chi connectivity index (χ4n) is 3.33. The summed E-state index contributed by atoms with van der Waals surface area (Å²) in [6.07, 6.45) is 11.7. The fourth-order valence-corrected chi connectivity index (χ4v) is 3.33. The molecule has 1 unspecified atom stereocenters. The van der Waals surface area contributed by atoms with Gasteiger partial charge in [0.2, 0.25) is 0 Å². The first kappa shape index (κ1) is 20.8. The number of benzene rings is 1. The van der Waals surface area contributed by atoms with E-state index in [0.29, 0.717) is 11.3 Å². The zero-order valence-corrected chi connectivity index (χ0v) is 17.3. The van der Waals surface area contributed by atoms with Crippen molar-refractivity contribution in [1.29, 1.82) is 0 Å². The van der Waals surface area contributed by atoms with Gasteiger partial charge in [0.05, 0.1) is 24.6 Å². The minimum atomic E-state index is -0.336. The van der Waals surface area contributed by atoms with E-state index in [0.717, 1.165) is 38.0 Å². The summed E-state index contributed by atoms with van der Waals surface area (Å²) < 4.78 is 5.49. The maximum absolute atomic E-state index is 12.9. The van der Waals surface area contributed by atoms with Gasteiger partial charge >= 0.3 is 0 Å². The lowest BCUT2D eigenvalue weighted by Crippen LogP contribution is -2.45. The largest absolute Gasteiger partial charge is 0.496 e. The van der Waals surface area contributed by atoms with Gasteiger partial charge in [-0.05, 0) is 55.3 Å². The normalized spacial score (nSPS) is 19.1. The summed E-state index contributed by atoms with van der Waals surface area (Å²) >= 11 is 0. The molecule has 29 heavy (non-hydrogen) atoms. The smallest absolute Gasteiger partial charge is 0.256 e. The van der Waals surface area contributed by atoms with Crippen LogP contribution in [0.25, 0.3) is 0 Å². The molecule has 0 saturated heterocycles. The maximum atomic E-state index is 12.9. The molecule has 2 heterocycles. The Labute approximate surface area is 172 Å². The number of hydrogen-bond donors (Lipinski definition) is 2. The van der Waals surface area contributed by atoms with Crippen molar-refractivity contribution >= 4 is 18.3 Å². The number of dihydropyridines is 1. The van der Waals surface area contributed by atoms with E-state index >= 15 is 0 Å². The number of methoxy groups -OCH3 is 1. The zero-order chi connectivity index (χ0) is 20.6. The van der Waals surface area contributed by atoms with Gasteiger partial charge in [0.15, 0.2) is 0 Å². The van der Waals surface area contributed by atoms with Crippen LogP contribution in [0.15, 0.2) is 46.3 Å². The van der Waals surface area contributed by atoms with Gasteiger partial charge in [-0.15, -0.1) is 0 Å². The van der Waals surface area contributed by atoms with E-state index in [-0.39, 0.29) is 12.1 Å². The monoisotopic (exact) mass is 395 g/mol. The molecule has 1 aromatic carbocycles. The lowest BCUT2D eigenvalue weighted by atomic mass is 9.96. The molecule has 0 fully saturated rings. The number of fused-ring (bicyclic) bond motifs is 1. The average Bonchev–Trinajstić information content (AvgIpc) is 2.73. The van der Waals surface area contributed by atoms with Gasteiger partial charge in [-0.25, -0.2) is 0 Å². The number of unbranched alkanes of at least 4 members (excludes halogenated alkanes) is 1. The van der Waals surface area contributed by atoms with E-state index in [9.17, 15) is 4.79 Å². The Morgan fingerprint density at radius 1 is 1.38 bits per heavy atom. The molecule has 0 saturated carbocycles. The van der Waals surface area contributed by atoms with Crippen molar-refractivity contribution in [3.05, 3.63) is 52.7 Å². The molecule has 154 valence electrons. The molecule has 7 heteroatoms. The number of nitrogens with one attached hydrogen (secondary N) is 2. The summed E-state index contributed by atoms with van der Waals surface area (Å²) in [4.78, 5) is 15.2. The molecular weight excluding hydrogens is 366 g/mol. The molecule has 1 aromatic rings. The van der Waals surface area contributed by atoms with Crippen molar-refractivity contribution in [2.45, 2.75) is 38.9 Å². The molecule has 1 amide bonds. The quantitative estimate of drug-likeness (QED) is 0.550. The van der Waals surface area contributed by atoms with Gasteiger partial charge in [0, 0.05) is 19.3 Å². The first-order chi connectivity index (χ1) is 14.1. The Balaban J connectivity index is 1.67. The molecule has 7 nitrogen and oxygen atoms in total. The molecular formula is C22H29N5O2. The number of carbonyl (C=O) groups excluding carboxylic acids is 1. The minimum Gasteiger partial charge on any atom is -0.496 e. The third kappa shape index (κ3) is 5.54. The van der Waals surface area contributed by atoms with Crippen LogP contribution in [0, 0.1) is 0 Å². The van der Waals surface area contributed by atoms with Gasteiger partial charge < -0.3 is 20.3 Å². The molecule has 0 aromatic heterocycles. The van der Waals surface area contributed by atoms with E-state index in [4.69, 9.17) is 4.74 Å². The van der Waals surface area contributed by atoms with Crippen molar-refractivity contribution in [2.75, 3.05) is 20.7 Å². The molecule has 2 aliphatic rings.